The summed E-state index contributed by atoms with van der Waals surface area (Å²) in [6.45, 7) is 2.68. The van der Waals surface area contributed by atoms with Gasteiger partial charge in [0.2, 0.25) is 0 Å². The lowest BCUT2D eigenvalue weighted by atomic mass is 10.3. The van der Waals surface area contributed by atoms with Crippen molar-refractivity contribution >= 4 is 16.3 Å². The standard InChI is InChI=1S/C10H11N3S/c1-3-8(2)11-6-9-7-13-4-5-14-10(13)12-9/h1,4-5,7-8,11H,6H2,2H3. The molecular formula is C10H11N3S. The molecule has 4 heteroatoms. The van der Waals surface area contributed by atoms with E-state index in [2.05, 4.69) is 16.2 Å². The second-order valence-corrected chi connectivity index (χ2v) is 3.97. The van der Waals surface area contributed by atoms with Crippen LogP contribution >= 0.6 is 11.3 Å². The first kappa shape index (κ1) is 9.25. The van der Waals surface area contributed by atoms with Gasteiger partial charge in [0.15, 0.2) is 4.96 Å². The zero-order chi connectivity index (χ0) is 9.97. The van der Waals surface area contributed by atoms with E-state index in [-0.39, 0.29) is 6.04 Å². The number of rotatable bonds is 3. The van der Waals surface area contributed by atoms with E-state index in [0.29, 0.717) is 0 Å². The van der Waals surface area contributed by atoms with Gasteiger partial charge in [0.05, 0.1) is 11.7 Å². The molecule has 0 amide bonds. The minimum Gasteiger partial charge on any atom is -0.298 e. The summed E-state index contributed by atoms with van der Waals surface area (Å²) >= 11 is 1.63. The molecule has 0 fully saturated rings. The van der Waals surface area contributed by atoms with Gasteiger partial charge in [-0.15, -0.1) is 17.8 Å². The van der Waals surface area contributed by atoms with Crippen LogP contribution in [0.4, 0.5) is 0 Å². The van der Waals surface area contributed by atoms with Crippen molar-refractivity contribution in [3.8, 4) is 12.3 Å². The van der Waals surface area contributed by atoms with Crippen LogP contribution < -0.4 is 5.32 Å². The fraction of sp³-hybridized carbons (Fsp3) is 0.300. The summed E-state index contributed by atoms with van der Waals surface area (Å²) in [6.07, 6.45) is 9.27. The van der Waals surface area contributed by atoms with Gasteiger partial charge in [0, 0.05) is 24.3 Å². The van der Waals surface area contributed by atoms with Crippen LogP contribution in [0.5, 0.6) is 0 Å². The molecule has 72 valence electrons. The minimum absolute atomic E-state index is 0.0923. The van der Waals surface area contributed by atoms with E-state index >= 15 is 0 Å². The Morgan fingerprint density at radius 3 is 3.36 bits per heavy atom. The zero-order valence-corrected chi connectivity index (χ0v) is 8.71. The Hall–Kier alpha value is -1.31. The van der Waals surface area contributed by atoms with Crippen molar-refractivity contribution in [2.75, 3.05) is 0 Å². The van der Waals surface area contributed by atoms with E-state index < -0.39 is 0 Å². The van der Waals surface area contributed by atoms with Gasteiger partial charge in [-0.3, -0.25) is 9.72 Å². The fourth-order valence-electron chi connectivity index (χ4n) is 1.18. The number of nitrogens with one attached hydrogen (secondary N) is 1. The van der Waals surface area contributed by atoms with Crippen molar-refractivity contribution < 1.29 is 0 Å². The highest BCUT2D eigenvalue weighted by molar-refractivity contribution is 7.15. The molecule has 0 saturated carbocycles. The smallest absolute Gasteiger partial charge is 0.193 e. The van der Waals surface area contributed by atoms with Crippen LogP contribution in [-0.4, -0.2) is 15.4 Å². The molecule has 0 aliphatic heterocycles. The van der Waals surface area contributed by atoms with Gasteiger partial charge >= 0.3 is 0 Å². The third-order valence-electron chi connectivity index (χ3n) is 1.98. The van der Waals surface area contributed by atoms with Crippen LogP contribution in [0.25, 0.3) is 4.96 Å². The van der Waals surface area contributed by atoms with Crippen LogP contribution in [-0.2, 0) is 6.54 Å². The van der Waals surface area contributed by atoms with Crippen molar-refractivity contribution in [1.82, 2.24) is 14.7 Å². The summed E-state index contributed by atoms with van der Waals surface area (Å²) in [7, 11) is 0. The van der Waals surface area contributed by atoms with Crippen molar-refractivity contribution in [2.45, 2.75) is 19.5 Å². The SMILES string of the molecule is C#CC(C)NCc1cn2ccsc2n1. The van der Waals surface area contributed by atoms with Crippen molar-refractivity contribution in [3.05, 3.63) is 23.5 Å². The largest absolute Gasteiger partial charge is 0.298 e. The molecule has 0 saturated heterocycles. The highest BCUT2D eigenvalue weighted by Gasteiger charge is 2.02. The summed E-state index contributed by atoms with van der Waals surface area (Å²) in [5, 5.41) is 5.21. The zero-order valence-electron chi connectivity index (χ0n) is 7.90. The number of fused-ring (bicyclic) bond motifs is 1. The van der Waals surface area contributed by atoms with Crippen molar-refractivity contribution in [1.29, 1.82) is 0 Å². The molecule has 0 aliphatic rings. The van der Waals surface area contributed by atoms with E-state index in [9.17, 15) is 0 Å². The Balaban J connectivity index is 2.06. The molecule has 2 heterocycles. The van der Waals surface area contributed by atoms with Crippen LogP contribution in [0.1, 0.15) is 12.6 Å². The summed E-state index contributed by atoms with van der Waals surface area (Å²) < 4.78 is 2.02. The average molecular weight is 205 g/mol. The highest BCUT2D eigenvalue weighted by atomic mass is 32.1. The van der Waals surface area contributed by atoms with Gasteiger partial charge < -0.3 is 0 Å². The lowest BCUT2D eigenvalue weighted by Gasteiger charge is -2.03. The first-order valence-corrected chi connectivity index (χ1v) is 5.28. The van der Waals surface area contributed by atoms with Crippen LogP contribution in [0.2, 0.25) is 0 Å². The summed E-state index contributed by atoms with van der Waals surface area (Å²) in [6, 6.07) is 0.0923. The number of terminal acetylenes is 1. The van der Waals surface area contributed by atoms with E-state index in [4.69, 9.17) is 6.42 Å². The predicted molar refractivity (Wildman–Crippen MR) is 58.2 cm³/mol. The van der Waals surface area contributed by atoms with Crippen molar-refractivity contribution in [3.63, 3.8) is 0 Å². The van der Waals surface area contributed by atoms with Gasteiger partial charge in [0.25, 0.3) is 0 Å². The number of imidazole rings is 1. The molecular weight excluding hydrogens is 194 g/mol. The predicted octanol–water partition coefficient (Wildman–Crippen LogP) is 1.51. The summed E-state index contributed by atoms with van der Waals surface area (Å²) in [4.78, 5) is 5.45. The highest BCUT2D eigenvalue weighted by Crippen LogP contribution is 2.10. The maximum Gasteiger partial charge on any atom is 0.193 e. The lowest BCUT2D eigenvalue weighted by Crippen LogP contribution is -2.23. The molecule has 1 unspecified atom stereocenters. The molecule has 0 bridgehead atoms. The quantitative estimate of drug-likeness (QED) is 0.770. The van der Waals surface area contributed by atoms with Crippen LogP contribution in [0.3, 0.4) is 0 Å². The Kier molecular flexibility index (Phi) is 2.53. The first-order valence-electron chi connectivity index (χ1n) is 4.40. The van der Waals surface area contributed by atoms with Crippen LogP contribution in [0.15, 0.2) is 17.8 Å². The number of hydrogen-bond donors (Lipinski definition) is 1. The number of hydrogen-bond acceptors (Lipinski definition) is 3. The van der Waals surface area contributed by atoms with Gasteiger partial charge in [0.1, 0.15) is 0 Å². The van der Waals surface area contributed by atoms with Gasteiger partial charge in [-0.05, 0) is 6.92 Å². The Morgan fingerprint density at radius 1 is 1.79 bits per heavy atom. The molecule has 2 aromatic rings. The fourth-order valence-corrected chi connectivity index (χ4v) is 1.90. The molecule has 0 aliphatic carbocycles. The molecule has 1 N–H and O–H groups in total. The van der Waals surface area contributed by atoms with Gasteiger partial charge in [-0.25, -0.2) is 4.98 Å². The van der Waals surface area contributed by atoms with E-state index in [1.807, 2.05) is 29.1 Å². The second-order valence-electron chi connectivity index (χ2n) is 3.09. The summed E-state index contributed by atoms with van der Waals surface area (Å²) in [5.74, 6) is 2.62. The van der Waals surface area contributed by atoms with Gasteiger partial charge in [-0.2, -0.15) is 0 Å². The molecule has 0 aromatic carbocycles. The monoisotopic (exact) mass is 205 g/mol. The molecule has 0 radical (unpaired) electrons. The molecule has 2 rings (SSSR count). The Bertz CT molecular complexity index is 434. The number of thiazole rings is 1. The molecule has 2 aromatic heterocycles. The minimum atomic E-state index is 0.0923. The van der Waals surface area contributed by atoms with Gasteiger partial charge in [-0.1, -0.05) is 5.92 Å². The van der Waals surface area contributed by atoms with Crippen LogP contribution in [0, 0.1) is 12.3 Å². The maximum atomic E-state index is 5.26. The molecule has 0 spiro atoms. The topological polar surface area (TPSA) is 29.3 Å². The Labute approximate surface area is 86.8 Å². The maximum absolute atomic E-state index is 5.26. The van der Waals surface area contributed by atoms with E-state index in [1.165, 1.54) is 0 Å². The van der Waals surface area contributed by atoms with Crippen molar-refractivity contribution in [2.24, 2.45) is 0 Å². The third-order valence-corrected chi connectivity index (χ3v) is 2.75. The second kappa shape index (κ2) is 3.82. The average Bonchev–Trinajstić information content (AvgIpc) is 2.73. The third kappa shape index (κ3) is 1.79. The molecule has 3 nitrogen and oxygen atoms in total. The van der Waals surface area contributed by atoms with E-state index in [1.54, 1.807) is 11.3 Å². The number of nitrogens with zero attached hydrogens (tertiary/aromatic N) is 2. The lowest BCUT2D eigenvalue weighted by molar-refractivity contribution is 0.640. The van der Waals surface area contributed by atoms with E-state index in [0.717, 1.165) is 17.2 Å². The number of aromatic nitrogens is 2. The molecule has 1 atom stereocenters. The molecule has 14 heavy (non-hydrogen) atoms. The normalized spacial score (nSPS) is 12.9. The summed E-state index contributed by atoms with van der Waals surface area (Å²) in [5.41, 5.74) is 1.03. The first-order chi connectivity index (χ1) is 6.79. The Morgan fingerprint density at radius 2 is 2.64 bits per heavy atom.